The molecule has 0 aliphatic carbocycles. The number of carboxylic acid groups (broad SMARTS) is 1. The van der Waals surface area contributed by atoms with Gasteiger partial charge in [0.1, 0.15) is 11.0 Å². The van der Waals surface area contributed by atoms with Gasteiger partial charge in [-0.2, -0.15) is 0 Å². The number of anilines is 1. The van der Waals surface area contributed by atoms with Gasteiger partial charge in [-0.25, -0.2) is 9.78 Å². The number of piperidine rings is 1. The molecular formula is C14H19ClN2O2. The van der Waals surface area contributed by atoms with E-state index in [0.29, 0.717) is 11.7 Å². The average molecular weight is 283 g/mol. The molecule has 0 atom stereocenters. The molecule has 0 amide bonds. The fraction of sp³-hybridized carbons (Fsp3) is 0.571. The van der Waals surface area contributed by atoms with Crippen molar-refractivity contribution < 1.29 is 9.90 Å². The minimum Gasteiger partial charge on any atom is -0.478 e. The molecule has 104 valence electrons. The van der Waals surface area contributed by atoms with E-state index in [1.54, 1.807) is 6.07 Å². The van der Waals surface area contributed by atoms with Crippen molar-refractivity contribution in [3.05, 3.63) is 22.8 Å². The Bertz CT molecular complexity index is 469. The van der Waals surface area contributed by atoms with E-state index in [0.717, 1.165) is 31.8 Å². The van der Waals surface area contributed by atoms with Crippen LogP contribution in [0.5, 0.6) is 0 Å². The van der Waals surface area contributed by atoms with Crippen molar-refractivity contribution in [3.63, 3.8) is 0 Å². The van der Waals surface area contributed by atoms with E-state index in [-0.39, 0.29) is 10.7 Å². The molecule has 1 aliphatic rings. The van der Waals surface area contributed by atoms with Crippen LogP contribution in [0.1, 0.15) is 37.0 Å². The Labute approximate surface area is 118 Å². The van der Waals surface area contributed by atoms with Crippen LogP contribution in [0, 0.1) is 11.8 Å². The first-order valence-corrected chi connectivity index (χ1v) is 7.01. The molecule has 0 unspecified atom stereocenters. The van der Waals surface area contributed by atoms with Crippen LogP contribution < -0.4 is 4.90 Å². The normalized spacial score (nSPS) is 16.9. The van der Waals surface area contributed by atoms with E-state index in [1.165, 1.54) is 6.07 Å². The minimum absolute atomic E-state index is 0.195. The summed E-state index contributed by atoms with van der Waals surface area (Å²) in [5.41, 5.74) is 0.195. The number of aromatic nitrogens is 1. The van der Waals surface area contributed by atoms with Gasteiger partial charge in [0, 0.05) is 13.1 Å². The van der Waals surface area contributed by atoms with Gasteiger partial charge in [-0.15, -0.1) is 0 Å². The number of carboxylic acids is 1. The summed E-state index contributed by atoms with van der Waals surface area (Å²) < 4.78 is 0. The highest BCUT2D eigenvalue weighted by Gasteiger charge is 2.23. The summed E-state index contributed by atoms with van der Waals surface area (Å²) in [5.74, 6) is 1.15. The number of rotatable bonds is 3. The molecule has 2 heterocycles. The third-order valence-corrected chi connectivity index (χ3v) is 4.03. The van der Waals surface area contributed by atoms with Gasteiger partial charge in [-0.3, -0.25) is 0 Å². The third-order valence-electron chi connectivity index (χ3n) is 3.83. The van der Waals surface area contributed by atoms with Crippen LogP contribution in [0.2, 0.25) is 5.15 Å². The van der Waals surface area contributed by atoms with E-state index in [4.69, 9.17) is 16.7 Å². The highest BCUT2D eigenvalue weighted by molar-refractivity contribution is 6.29. The maximum absolute atomic E-state index is 11.0. The summed E-state index contributed by atoms with van der Waals surface area (Å²) in [6, 6.07) is 2.98. The quantitative estimate of drug-likeness (QED) is 0.864. The van der Waals surface area contributed by atoms with Crippen LogP contribution in [-0.4, -0.2) is 29.1 Å². The molecule has 0 radical (unpaired) electrons. The van der Waals surface area contributed by atoms with E-state index in [9.17, 15) is 4.79 Å². The summed E-state index contributed by atoms with van der Waals surface area (Å²) in [7, 11) is 0. The Morgan fingerprint density at radius 3 is 2.58 bits per heavy atom. The first kappa shape index (κ1) is 14.1. The molecule has 5 heteroatoms. The second-order valence-electron chi connectivity index (χ2n) is 5.41. The smallest absolute Gasteiger partial charge is 0.335 e. The second-order valence-corrected chi connectivity index (χ2v) is 5.80. The zero-order chi connectivity index (χ0) is 14.0. The van der Waals surface area contributed by atoms with Crippen molar-refractivity contribution in [2.75, 3.05) is 18.0 Å². The number of aromatic carboxylic acids is 1. The fourth-order valence-corrected chi connectivity index (χ4v) is 2.77. The lowest BCUT2D eigenvalue weighted by Crippen LogP contribution is -2.35. The molecule has 0 saturated carbocycles. The van der Waals surface area contributed by atoms with Crippen molar-refractivity contribution in [2.24, 2.45) is 11.8 Å². The van der Waals surface area contributed by atoms with E-state index >= 15 is 0 Å². The fourth-order valence-electron chi connectivity index (χ4n) is 2.56. The number of pyridine rings is 1. The summed E-state index contributed by atoms with van der Waals surface area (Å²) in [5, 5.41) is 9.28. The van der Waals surface area contributed by atoms with Gasteiger partial charge in [0.2, 0.25) is 0 Å². The lowest BCUT2D eigenvalue weighted by atomic mass is 9.87. The van der Waals surface area contributed by atoms with Crippen LogP contribution in [0.3, 0.4) is 0 Å². The Morgan fingerprint density at radius 2 is 2.05 bits per heavy atom. The molecule has 1 aliphatic heterocycles. The zero-order valence-corrected chi connectivity index (χ0v) is 12.0. The summed E-state index contributed by atoms with van der Waals surface area (Å²) in [6.07, 6.45) is 2.24. The highest BCUT2D eigenvalue weighted by Crippen LogP contribution is 2.28. The van der Waals surface area contributed by atoms with Crippen molar-refractivity contribution >= 4 is 23.4 Å². The minimum atomic E-state index is -0.970. The van der Waals surface area contributed by atoms with Gasteiger partial charge in [0.05, 0.1) is 5.56 Å². The number of hydrogen-bond donors (Lipinski definition) is 1. The largest absolute Gasteiger partial charge is 0.478 e. The molecule has 0 aromatic carbocycles. The molecule has 1 N–H and O–H groups in total. The number of halogens is 1. The lowest BCUT2D eigenvalue weighted by molar-refractivity contribution is 0.0697. The van der Waals surface area contributed by atoms with Gasteiger partial charge in [0.15, 0.2) is 0 Å². The van der Waals surface area contributed by atoms with Crippen LogP contribution in [-0.2, 0) is 0 Å². The monoisotopic (exact) mass is 282 g/mol. The van der Waals surface area contributed by atoms with E-state index < -0.39 is 5.97 Å². The Kier molecular flexibility index (Phi) is 4.30. The first-order valence-electron chi connectivity index (χ1n) is 6.63. The van der Waals surface area contributed by atoms with Crippen molar-refractivity contribution in [1.29, 1.82) is 0 Å². The SMILES string of the molecule is CC(C)C1CCN(c2cc(C(=O)O)cc(Cl)n2)CC1. The maximum Gasteiger partial charge on any atom is 0.335 e. The van der Waals surface area contributed by atoms with Gasteiger partial charge in [0.25, 0.3) is 0 Å². The molecule has 1 aromatic rings. The predicted octanol–water partition coefficient (Wildman–Crippen LogP) is 3.31. The van der Waals surface area contributed by atoms with Crippen LogP contribution in [0.15, 0.2) is 12.1 Å². The molecule has 2 rings (SSSR count). The maximum atomic E-state index is 11.0. The zero-order valence-electron chi connectivity index (χ0n) is 11.3. The van der Waals surface area contributed by atoms with Crippen LogP contribution in [0.4, 0.5) is 5.82 Å². The Hall–Kier alpha value is -1.29. The van der Waals surface area contributed by atoms with Crippen molar-refractivity contribution in [3.8, 4) is 0 Å². The van der Waals surface area contributed by atoms with Crippen molar-refractivity contribution in [2.45, 2.75) is 26.7 Å². The molecule has 1 fully saturated rings. The van der Waals surface area contributed by atoms with Gasteiger partial charge in [-0.05, 0) is 36.8 Å². The van der Waals surface area contributed by atoms with Crippen molar-refractivity contribution in [1.82, 2.24) is 4.98 Å². The molecule has 0 bridgehead atoms. The molecule has 0 spiro atoms. The van der Waals surface area contributed by atoms with Crippen LogP contribution >= 0.6 is 11.6 Å². The molecule has 1 aromatic heterocycles. The standard InChI is InChI=1S/C14H19ClN2O2/c1-9(2)10-3-5-17(6-4-10)13-8-11(14(18)19)7-12(15)16-13/h7-10H,3-6H2,1-2H3,(H,18,19). The summed E-state index contributed by atoms with van der Waals surface area (Å²) in [4.78, 5) is 17.4. The topological polar surface area (TPSA) is 53.4 Å². The number of carbonyl (C=O) groups is 1. The predicted molar refractivity (Wildman–Crippen MR) is 76.0 cm³/mol. The van der Waals surface area contributed by atoms with Gasteiger partial charge < -0.3 is 10.0 Å². The summed E-state index contributed by atoms with van der Waals surface area (Å²) in [6.45, 7) is 6.32. The first-order chi connectivity index (χ1) is 8.97. The number of hydrogen-bond acceptors (Lipinski definition) is 3. The van der Waals surface area contributed by atoms with E-state index in [1.807, 2.05) is 0 Å². The second kappa shape index (κ2) is 5.78. The third kappa shape index (κ3) is 3.38. The molecular weight excluding hydrogens is 264 g/mol. The van der Waals surface area contributed by atoms with E-state index in [2.05, 4.69) is 23.7 Å². The molecule has 4 nitrogen and oxygen atoms in total. The Morgan fingerprint density at radius 1 is 1.42 bits per heavy atom. The number of nitrogens with zero attached hydrogens (tertiary/aromatic N) is 2. The highest BCUT2D eigenvalue weighted by atomic mass is 35.5. The van der Waals surface area contributed by atoms with Gasteiger partial charge in [-0.1, -0.05) is 25.4 Å². The molecule has 1 saturated heterocycles. The lowest BCUT2D eigenvalue weighted by Gasteiger charge is -2.34. The Balaban J connectivity index is 2.13. The average Bonchev–Trinajstić information content (AvgIpc) is 2.38. The van der Waals surface area contributed by atoms with Crippen LogP contribution in [0.25, 0.3) is 0 Å². The molecule has 19 heavy (non-hydrogen) atoms. The van der Waals surface area contributed by atoms with Gasteiger partial charge >= 0.3 is 5.97 Å². The summed E-state index contributed by atoms with van der Waals surface area (Å²) >= 11 is 5.89.